The molecule has 30 heavy (non-hydrogen) atoms. The summed E-state index contributed by atoms with van der Waals surface area (Å²) < 4.78 is 17.3. The fourth-order valence-corrected chi connectivity index (χ4v) is 2.86. The van der Waals surface area contributed by atoms with Crippen LogP contribution in [0.4, 0.5) is 0 Å². The molecule has 3 rings (SSSR count). The zero-order chi connectivity index (χ0) is 21.5. The van der Waals surface area contributed by atoms with Crippen LogP contribution in [-0.2, 0) is 16.1 Å². The van der Waals surface area contributed by atoms with Gasteiger partial charge >= 0.3 is 5.97 Å². The van der Waals surface area contributed by atoms with Crippen LogP contribution >= 0.6 is 15.9 Å². The van der Waals surface area contributed by atoms with Crippen LogP contribution in [0.15, 0.2) is 62.4 Å². The Bertz CT molecular complexity index is 1090. The third-order valence-electron chi connectivity index (χ3n) is 3.82. The van der Waals surface area contributed by atoms with Crippen molar-refractivity contribution in [3.05, 3.63) is 75.0 Å². The molecule has 2 aromatic heterocycles. The van der Waals surface area contributed by atoms with Gasteiger partial charge in [0.2, 0.25) is 5.69 Å². The number of carbonyl (C=O) groups excluding carboxylic acids is 2. The van der Waals surface area contributed by atoms with Crippen molar-refractivity contribution in [1.29, 1.82) is 0 Å². The van der Waals surface area contributed by atoms with Crippen LogP contribution in [0.25, 0.3) is 5.69 Å². The number of ether oxygens (including phenoxy) is 2. The van der Waals surface area contributed by atoms with Gasteiger partial charge in [-0.1, -0.05) is 22.0 Å². The van der Waals surface area contributed by atoms with E-state index < -0.39 is 24.0 Å². The van der Waals surface area contributed by atoms with Crippen LogP contribution in [0.1, 0.15) is 23.2 Å². The molecule has 0 aliphatic carbocycles. The summed E-state index contributed by atoms with van der Waals surface area (Å²) in [4.78, 5) is 36.9. The van der Waals surface area contributed by atoms with Gasteiger partial charge in [0.1, 0.15) is 5.76 Å². The van der Waals surface area contributed by atoms with Crippen LogP contribution in [0.2, 0.25) is 0 Å². The van der Waals surface area contributed by atoms with Gasteiger partial charge in [0, 0.05) is 4.47 Å². The van der Waals surface area contributed by atoms with Crippen molar-refractivity contribution < 1.29 is 23.5 Å². The van der Waals surface area contributed by atoms with E-state index in [1.54, 1.807) is 43.3 Å². The molecule has 1 amide bonds. The zero-order valence-electron chi connectivity index (χ0n) is 16.0. The van der Waals surface area contributed by atoms with E-state index in [1.807, 2.05) is 0 Å². The number of hydrogen-bond donors (Lipinski definition) is 1. The Kier molecular flexibility index (Phi) is 7.02. The predicted molar refractivity (Wildman–Crippen MR) is 110 cm³/mol. The summed E-state index contributed by atoms with van der Waals surface area (Å²) in [7, 11) is 0. The van der Waals surface area contributed by atoms with Crippen LogP contribution in [0.3, 0.4) is 0 Å². The Hall–Kier alpha value is -3.40. The minimum absolute atomic E-state index is 0.111. The van der Waals surface area contributed by atoms with Gasteiger partial charge in [-0.15, -0.1) is 0 Å². The molecule has 1 N–H and O–H groups in total. The van der Waals surface area contributed by atoms with Gasteiger partial charge in [-0.2, -0.15) is 9.78 Å². The summed E-state index contributed by atoms with van der Waals surface area (Å²) in [5.74, 6) is -0.795. The van der Waals surface area contributed by atoms with Crippen molar-refractivity contribution >= 4 is 27.8 Å². The minimum Gasteiger partial charge on any atom is -0.481 e. The van der Waals surface area contributed by atoms with Crippen LogP contribution < -0.4 is 15.6 Å². The number of hydrogen-bond acceptors (Lipinski definition) is 7. The summed E-state index contributed by atoms with van der Waals surface area (Å²) in [5, 5.41) is 6.71. The third-order valence-corrected chi connectivity index (χ3v) is 4.31. The van der Waals surface area contributed by atoms with Gasteiger partial charge in [0.15, 0.2) is 12.4 Å². The van der Waals surface area contributed by atoms with Gasteiger partial charge in [-0.3, -0.25) is 9.59 Å². The Balaban J connectivity index is 1.82. The molecule has 0 fully saturated rings. The summed E-state index contributed by atoms with van der Waals surface area (Å²) in [5.41, 5.74) is -0.301. The first-order valence-corrected chi connectivity index (χ1v) is 9.76. The number of benzene rings is 1. The molecule has 2 heterocycles. The van der Waals surface area contributed by atoms with E-state index in [2.05, 4.69) is 26.3 Å². The lowest BCUT2D eigenvalue weighted by molar-refractivity contribution is -0.123. The number of carbonyl (C=O) groups is 2. The number of aromatic nitrogens is 2. The number of furan rings is 1. The van der Waals surface area contributed by atoms with Crippen molar-refractivity contribution in [2.24, 2.45) is 0 Å². The van der Waals surface area contributed by atoms with Crippen LogP contribution in [0.5, 0.6) is 5.75 Å². The molecule has 0 saturated heterocycles. The Morgan fingerprint density at radius 3 is 2.77 bits per heavy atom. The molecule has 3 aromatic rings. The lowest BCUT2D eigenvalue weighted by Gasteiger charge is -2.12. The van der Waals surface area contributed by atoms with Crippen molar-refractivity contribution in [2.45, 2.75) is 13.5 Å². The molecule has 0 unspecified atom stereocenters. The molecule has 0 bridgehead atoms. The molecule has 0 saturated carbocycles. The second-order valence-corrected chi connectivity index (χ2v) is 6.87. The fraction of sp³-hybridized carbons (Fsp3) is 0.200. The van der Waals surface area contributed by atoms with E-state index in [9.17, 15) is 14.4 Å². The maximum absolute atomic E-state index is 12.6. The summed E-state index contributed by atoms with van der Waals surface area (Å²) in [6.07, 6.45) is 1.50. The summed E-state index contributed by atoms with van der Waals surface area (Å²) >= 11 is 3.33. The molecule has 0 aliphatic rings. The first-order chi connectivity index (χ1) is 14.5. The molecule has 0 radical (unpaired) electrons. The maximum atomic E-state index is 12.6. The normalized spacial score (nSPS) is 10.5. The second kappa shape index (κ2) is 9.88. The van der Waals surface area contributed by atoms with Crippen molar-refractivity contribution in [3.8, 4) is 11.4 Å². The average molecular weight is 476 g/mol. The highest BCUT2D eigenvalue weighted by molar-refractivity contribution is 9.10. The van der Waals surface area contributed by atoms with E-state index in [-0.39, 0.29) is 24.6 Å². The topological polar surface area (TPSA) is 113 Å². The molecule has 0 atom stereocenters. The average Bonchev–Trinajstić information content (AvgIpc) is 3.24. The van der Waals surface area contributed by atoms with E-state index in [4.69, 9.17) is 13.9 Å². The molecule has 1 aromatic carbocycles. The van der Waals surface area contributed by atoms with Gasteiger partial charge in [0.05, 0.1) is 31.2 Å². The molecule has 0 spiro atoms. The van der Waals surface area contributed by atoms with Crippen LogP contribution in [0, 0.1) is 0 Å². The zero-order valence-corrected chi connectivity index (χ0v) is 17.5. The standard InChI is InChI=1S/C20H18BrN3O6/c1-2-28-20(27)19-16(30-12-17(25)22-11-15-7-4-8-29-15)10-18(26)24(23-19)14-6-3-5-13(21)9-14/h3-10H,2,11-12H2,1H3,(H,22,25). The van der Waals surface area contributed by atoms with E-state index in [1.165, 1.54) is 6.26 Å². The number of rotatable bonds is 8. The fourth-order valence-electron chi connectivity index (χ4n) is 2.48. The molecule has 0 aliphatic heterocycles. The monoisotopic (exact) mass is 475 g/mol. The van der Waals surface area contributed by atoms with Gasteiger partial charge < -0.3 is 19.2 Å². The van der Waals surface area contributed by atoms with E-state index >= 15 is 0 Å². The SMILES string of the molecule is CCOC(=O)c1nn(-c2cccc(Br)c2)c(=O)cc1OCC(=O)NCc1ccco1. The number of nitrogens with zero attached hydrogens (tertiary/aromatic N) is 2. The molecular formula is C20H18BrN3O6. The Labute approximate surface area is 179 Å². The minimum atomic E-state index is -0.771. The molecule has 156 valence electrons. The lowest BCUT2D eigenvalue weighted by Crippen LogP contribution is -2.30. The first-order valence-electron chi connectivity index (χ1n) is 8.97. The van der Waals surface area contributed by atoms with Gasteiger partial charge in [-0.25, -0.2) is 4.79 Å². The number of esters is 1. The van der Waals surface area contributed by atoms with Crippen molar-refractivity contribution in [2.75, 3.05) is 13.2 Å². The predicted octanol–water partition coefficient (Wildman–Crippen LogP) is 2.46. The number of amides is 1. The number of nitrogens with one attached hydrogen (secondary N) is 1. The van der Waals surface area contributed by atoms with Crippen LogP contribution in [-0.4, -0.2) is 34.9 Å². The Morgan fingerprint density at radius 1 is 1.23 bits per heavy atom. The smallest absolute Gasteiger partial charge is 0.362 e. The second-order valence-electron chi connectivity index (χ2n) is 5.95. The van der Waals surface area contributed by atoms with Crippen molar-refractivity contribution in [1.82, 2.24) is 15.1 Å². The molecule has 9 nitrogen and oxygen atoms in total. The van der Waals surface area contributed by atoms with Crippen molar-refractivity contribution in [3.63, 3.8) is 0 Å². The molecule has 10 heteroatoms. The Morgan fingerprint density at radius 2 is 2.07 bits per heavy atom. The largest absolute Gasteiger partial charge is 0.481 e. The summed E-state index contributed by atoms with van der Waals surface area (Å²) in [6, 6.07) is 11.4. The summed E-state index contributed by atoms with van der Waals surface area (Å²) in [6.45, 7) is 1.52. The quantitative estimate of drug-likeness (QED) is 0.497. The third kappa shape index (κ3) is 5.35. The molecular weight excluding hydrogens is 458 g/mol. The number of halogens is 1. The lowest BCUT2D eigenvalue weighted by atomic mass is 10.3. The van der Waals surface area contributed by atoms with Gasteiger partial charge in [0.25, 0.3) is 11.5 Å². The first kappa shape index (κ1) is 21.3. The maximum Gasteiger partial charge on any atom is 0.362 e. The highest BCUT2D eigenvalue weighted by Crippen LogP contribution is 2.18. The van der Waals surface area contributed by atoms with E-state index in [0.717, 1.165) is 15.2 Å². The van der Waals surface area contributed by atoms with E-state index in [0.29, 0.717) is 11.4 Å². The highest BCUT2D eigenvalue weighted by Gasteiger charge is 2.20. The van der Waals surface area contributed by atoms with Gasteiger partial charge in [-0.05, 0) is 37.3 Å². The highest BCUT2D eigenvalue weighted by atomic mass is 79.9.